The Morgan fingerprint density at radius 1 is 1.18 bits per heavy atom. The van der Waals surface area contributed by atoms with Crippen molar-refractivity contribution in [2.75, 3.05) is 0 Å². The monoisotopic (exact) mass is 304 g/mol. The molecule has 1 aromatic heterocycles. The van der Waals surface area contributed by atoms with Gasteiger partial charge in [0.05, 0.1) is 6.20 Å². The first-order valence-corrected chi connectivity index (χ1v) is 6.56. The summed E-state index contributed by atoms with van der Waals surface area (Å²) >= 11 is 0. The number of rotatable bonds is 2. The van der Waals surface area contributed by atoms with Gasteiger partial charge in [-0.1, -0.05) is 25.1 Å². The Morgan fingerprint density at radius 3 is 2.41 bits per heavy atom. The molecule has 2 rings (SSSR count). The van der Waals surface area contributed by atoms with E-state index in [4.69, 9.17) is 0 Å². The average Bonchev–Trinajstić information content (AvgIpc) is 2.50. The number of benzene rings is 1. The standard InChI is InChI=1S/C15H13FN2O4/c1-3-12(19)17-8-11(16)14(21)18(15(17)22)13(20)10-7-5-4-6-9(10)2/h4-8H,3H2,1-2H3. The van der Waals surface area contributed by atoms with Gasteiger partial charge in [-0.25, -0.2) is 9.36 Å². The van der Waals surface area contributed by atoms with Crippen LogP contribution in [0.25, 0.3) is 0 Å². The van der Waals surface area contributed by atoms with E-state index < -0.39 is 28.9 Å². The molecule has 0 spiro atoms. The van der Waals surface area contributed by atoms with Crippen LogP contribution in [-0.4, -0.2) is 20.9 Å². The van der Waals surface area contributed by atoms with Gasteiger partial charge in [0.25, 0.3) is 11.5 Å². The van der Waals surface area contributed by atoms with Crippen molar-refractivity contribution in [3.8, 4) is 0 Å². The summed E-state index contributed by atoms with van der Waals surface area (Å²) in [7, 11) is 0. The average molecular weight is 304 g/mol. The van der Waals surface area contributed by atoms with Crippen molar-refractivity contribution < 1.29 is 14.0 Å². The summed E-state index contributed by atoms with van der Waals surface area (Å²) in [5.74, 6) is -3.02. The van der Waals surface area contributed by atoms with Crippen molar-refractivity contribution in [3.05, 3.63) is 68.2 Å². The molecule has 0 atom stereocenters. The van der Waals surface area contributed by atoms with E-state index in [0.717, 1.165) is 0 Å². The Morgan fingerprint density at radius 2 is 1.82 bits per heavy atom. The third kappa shape index (κ3) is 2.52. The molecule has 6 nitrogen and oxygen atoms in total. The van der Waals surface area contributed by atoms with E-state index in [0.29, 0.717) is 16.3 Å². The number of halogens is 1. The van der Waals surface area contributed by atoms with E-state index in [-0.39, 0.29) is 16.6 Å². The summed E-state index contributed by atoms with van der Waals surface area (Å²) < 4.78 is 14.3. The summed E-state index contributed by atoms with van der Waals surface area (Å²) in [6.07, 6.45) is 0.439. The molecule has 7 heteroatoms. The predicted octanol–water partition coefficient (Wildman–Crippen LogP) is 1.20. The van der Waals surface area contributed by atoms with Crippen molar-refractivity contribution in [2.24, 2.45) is 0 Å². The van der Waals surface area contributed by atoms with Crippen molar-refractivity contribution in [1.82, 2.24) is 9.13 Å². The van der Waals surface area contributed by atoms with Gasteiger partial charge in [0, 0.05) is 12.0 Å². The molecule has 0 aliphatic heterocycles. The topological polar surface area (TPSA) is 78.1 Å². The van der Waals surface area contributed by atoms with Gasteiger partial charge in [0.1, 0.15) is 0 Å². The van der Waals surface area contributed by atoms with Crippen LogP contribution in [-0.2, 0) is 0 Å². The first-order valence-electron chi connectivity index (χ1n) is 6.56. The summed E-state index contributed by atoms with van der Waals surface area (Å²) in [6.45, 7) is 3.10. The molecule has 0 radical (unpaired) electrons. The van der Waals surface area contributed by atoms with Crippen LogP contribution in [0, 0.1) is 12.7 Å². The van der Waals surface area contributed by atoms with Gasteiger partial charge < -0.3 is 0 Å². The zero-order valence-corrected chi connectivity index (χ0v) is 12.0. The molecule has 0 aliphatic rings. The maximum atomic E-state index is 13.7. The number of aryl methyl sites for hydroxylation is 1. The second kappa shape index (κ2) is 5.88. The van der Waals surface area contributed by atoms with Gasteiger partial charge in [-0.05, 0) is 18.6 Å². The maximum Gasteiger partial charge on any atom is 0.345 e. The fourth-order valence-electron chi connectivity index (χ4n) is 1.99. The minimum atomic E-state index is -1.38. The van der Waals surface area contributed by atoms with Crippen LogP contribution in [0.4, 0.5) is 4.39 Å². The third-order valence-electron chi connectivity index (χ3n) is 3.20. The van der Waals surface area contributed by atoms with Gasteiger partial charge in [0.15, 0.2) is 0 Å². The van der Waals surface area contributed by atoms with Crippen molar-refractivity contribution in [3.63, 3.8) is 0 Å². The Bertz CT molecular complexity index is 880. The molecule has 0 saturated carbocycles. The fourth-order valence-corrected chi connectivity index (χ4v) is 1.99. The molecule has 0 amide bonds. The van der Waals surface area contributed by atoms with Gasteiger partial charge in [-0.3, -0.25) is 14.4 Å². The van der Waals surface area contributed by atoms with Crippen molar-refractivity contribution >= 4 is 11.8 Å². The van der Waals surface area contributed by atoms with E-state index in [1.807, 2.05) is 0 Å². The lowest BCUT2D eigenvalue weighted by Crippen LogP contribution is -2.46. The molecule has 0 saturated heterocycles. The van der Waals surface area contributed by atoms with E-state index in [9.17, 15) is 23.6 Å². The number of carbonyl (C=O) groups excluding carboxylic acids is 2. The highest BCUT2D eigenvalue weighted by atomic mass is 19.1. The van der Waals surface area contributed by atoms with Crippen molar-refractivity contribution in [1.29, 1.82) is 0 Å². The lowest BCUT2D eigenvalue weighted by molar-refractivity contribution is 0.0890. The lowest BCUT2D eigenvalue weighted by atomic mass is 10.1. The van der Waals surface area contributed by atoms with Gasteiger partial charge in [0.2, 0.25) is 11.7 Å². The number of carbonyl (C=O) groups is 2. The van der Waals surface area contributed by atoms with Gasteiger partial charge in [-0.15, -0.1) is 0 Å². The number of aromatic nitrogens is 2. The molecule has 22 heavy (non-hydrogen) atoms. The largest absolute Gasteiger partial charge is 0.345 e. The predicted molar refractivity (Wildman–Crippen MR) is 76.7 cm³/mol. The molecular formula is C15H13FN2O4. The molecule has 0 fully saturated rings. The molecule has 0 N–H and O–H groups in total. The minimum absolute atomic E-state index is 0.0733. The Hall–Kier alpha value is -2.83. The van der Waals surface area contributed by atoms with E-state index in [1.54, 1.807) is 25.1 Å². The fraction of sp³-hybridized carbons (Fsp3) is 0.200. The SMILES string of the molecule is CCC(=O)n1cc(F)c(=O)n(C(=O)c2ccccc2C)c1=O. The summed E-state index contributed by atoms with van der Waals surface area (Å²) in [4.78, 5) is 48.0. The normalized spacial score (nSPS) is 10.5. The highest BCUT2D eigenvalue weighted by Gasteiger charge is 2.21. The van der Waals surface area contributed by atoms with E-state index in [1.165, 1.54) is 13.0 Å². The molecule has 1 aromatic carbocycles. The lowest BCUT2D eigenvalue weighted by Gasteiger charge is -2.09. The zero-order chi connectivity index (χ0) is 16.4. The Labute approximate surface area is 124 Å². The second-order valence-electron chi connectivity index (χ2n) is 4.64. The molecule has 2 aromatic rings. The molecule has 114 valence electrons. The van der Waals surface area contributed by atoms with Crippen LogP contribution in [0.5, 0.6) is 0 Å². The maximum absolute atomic E-state index is 13.7. The van der Waals surface area contributed by atoms with E-state index >= 15 is 0 Å². The minimum Gasteiger partial charge on any atom is -0.274 e. The van der Waals surface area contributed by atoms with E-state index in [2.05, 4.69) is 0 Å². The molecular weight excluding hydrogens is 291 g/mol. The first kappa shape index (κ1) is 15.6. The summed E-state index contributed by atoms with van der Waals surface area (Å²) in [6, 6.07) is 6.27. The smallest absolute Gasteiger partial charge is 0.274 e. The van der Waals surface area contributed by atoms with Crippen LogP contribution in [0.1, 0.15) is 34.1 Å². The zero-order valence-electron chi connectivity index (χ0n) is 12.0. The summed E-state index contributed by atoms with van der Waals surface area (Å²) in [5.41, 5.74) is -1.94. The first-order chi connectivity index (χ1) is 10.4. The molecule has 0 unspecified atom stereocenters. The Balaban J connectivity index is 2.76. The highest BCUT2D eigenvalue weighted by molar-refractivity contribution is 5.97. The number of hydrogen-bond donors (Lipinski definition) is 0. The molecule has 1 heterocycles. The summed E-state index contributed by atoms with van der Waals surface area (Å²) in [5, 5.41) is 0. The van der Waals surface area contributed by atoms with Crippen LogP contribution < -0.4 is 11.2 Å². The highest BCUT2D eigenvalue weighted by Crippen LogP contribution is 2.07. The van der Waals surface area contributed by atoms with Crippen LogP contribution >= 0.6 is 0 Å². The van der Waals surface area contributed by atoms with Gasteiger partial charge >= 0.3 is 5.69 Å². The third-order valence-corrected chi connectivity index (χ3v) is 3.20. The molecule has 0 bridgehead atoms. The number of hydrogen-bond acceptors (Lipinski definition) is 4. The second-order valence-corrected chi connectivity index (χ2v) is 4.64. The molecule has 0 aliphatic carbocycles. The van der Waals surface area contributed by atoms with Crippen LogP contribution in [0.15, 0.2) is 40.1 Å². The van der Waals surface area contributed by atoms with Crippen LogP contribution in [0.2, 0.25) is 0 Å². The number of nitrogens with zero attached hydrogens (tertiary/aromatic N) is 2. The quantitative estimate of drug-likeness (QED) is 0.835. The van der Waals surface area contributed by atoms with Crippen LogP contribution in [0.3, 0.4) is 0 Å². The van der Waals surface area contributed by atoms with Gasteiger partial charge in [-0.2, -0.15) is 8.96 Å². The van der Waals surface area contributed by atoms with Crippen molar-refractivity contribution in [2.45, 2.75) is 20.3 Å². The Kier molecular flexibility index (Phi) is 4.16.